The summed E-state index contributed by atoms with van der Waals surface area (Å²) in [5.41, 5.74) is 1.06. The summed E-state index contributed by atoms with van der Waals surface area (Å²) in [6, 6.07) is 10.1. The Hall–Kier alpha value is -1.25. The molecule has 3 heteroatoms. The molecule has 0 spiro atoms. The summed E-state index contributed by atoms with van der Waals surface area (Å²) < 4.78 is 5.47. The third kappa shape index (κ3) is 2.16. The SMILES string of the molecule is CC1(C)COC([B]c2ccccc2)=N1. The van der Waals surface area contributed by atoms with E-state index >= 15 is 0 Å². The van der Waals surface area contributed by atoms with Crippen molar-refractivity contribution in [2.75, 3.05) is 6.61 Å². The fourth-order valence-electron chi connectivity index (χ4n) is 1.38. The van der Waals surface area contributed by atoms with Crippen LogP contribution in [0.3, 0.4) is 0 Å². The van der Waals surface area contributed by atoms with Gasteiger partial charge in [0.2, 0.25) is 0 Å². The van der Waals surface area contributed by atoms with Crippen molar-refractivity contribution in [2.24, 2.45) is 4.99 Å². The topological polar surface area (TPSA) is 21.6 Å². The van der Waals surface area contributed by atoms with Crippen LogP contribution in [0, 0.1) is 0 Å². The van der Waals surface area contributed by atoms with Crippen molar-refractivity contribution in [3.63, 3.8) is 0 Å². The lowest BCUT2D eigenvalue weighted by molar-refractivity contribution is 0.283. The van der Waals surface area contributed by atoms with Crippen molar-refractivity contribution >= 4 is 18.5 Å². The second-order valence-corrected chi connectivity index (χ2v) is 4.11. The average molecular weight is 186 g/mol. The van der Waals surface area contributed by atoms with Crippen LogP contribution in [-0.2, 0) is 4.74 Å². The zero-order chi connectivity index (χ0) is 10.0. The summed E-state index contributed by atoms with van der Waals surface area (Å²) in [5, 5.41) is 0. The molecule has 0 fully saturated rings. The van der Waals surface area contributed by atoms with E-state index in [9.17, 15) is 0 Å². The first kappa shape index (κ1) is 9.32. The Bertz CT molecular complexity index is 346. The van der Waals surface area contributed by atoms with Gasteiger partial charge in [-0.15, -0.1) is 0 Å². The van der Waals surface area contributed by atoms with Crippen molar-refractivity contribution < 1.29 is 4.74 Å². The molecule has 2 rings (SSSR count). The Morgan fingerprint density at radius 3 is 2.57 bits per heavy atom. The zero-order valence-electron chi connectivity index (χ0n) is 8.53. The van der Waals surface area contributed by atoms with Gasteiger partial charge < -0.3 is 4.74 Å². The molecule has 1 aromatic carbocycles. The molecule has 71 valence electrons. The van der Waals surface area contributed by atoms with Gasteiger partial charge in [-0.3, -0.25) is 4.99 Å². The van der Waals surface area contributed by atoms with E-state index in [-0.39, 0.29) is 5.54 Å². The first-order chi connectivity index (χ1) is 6.66. The normalized spacial score (nSPS) is 18.6. The fraction of sp³-hybridized carbons (Fsp3) is 0.364. The van der Waals surface area contributed by atoms with E-state index in [0.29, 0.717) is 6.61 Å². The number of aliphatic imine (C=N–C) groups is 1. The fourth-order valence-corrected chi connectivity index (χ4v) is 1.38. The summed E-state index contributed by atoms with van der Waals surface area (Å²) in [5.74, 6) is 0.737. The first-order valence-corrected chi connectivity index (χ1v) is 4.78. The molecule has 1 heterocycles. The van der Waals surface area contributed by atoms with Gasteiger partial charge in [0.05, 0.1) is 5.54 Å². The predicted octanol–water partition coefficient (Wildman–Crippen LogP) is 1.18. The largest absolute Gasteiger partial charge is 0.488 e. The lowest BCUT2D eigenvalue weighted by atomic mass is 9.70. The number of hydrogen-bond donors (Lipinski definition) is 0. The molecule has 0 aromatic heterocycles. The molecule has 0 atom stereocenters. The van der Waals surface area contributed by atoms with Crippen LogP contribution in [0.1, 0.15) is 13.8 Å². The maximum absolute atomic E-state index is 5.47. The van der Waals surface area contributed by atoms with Gasteiger partial charge in [0.1, 0.15) is 12.4 Å². The van der Waals surface area contributed by atoms with Gasteiger partial charge in [-0.05, 0) is 13.8 Å². The molecule has 14 heavy (non-hydrogen) atoms. The number of hydrogen-bond acceptors (Lipinski definition) is 2. The molecule has 0 bridgehead atoms. The second-order valence-electron chi connectivity index (χ2n) is 4.11. The minimum absolute atomic E-state index is 0.0688. The minimum Gasteiger partial charge on any atom is -0.488 e. The van der Waals surface area contributed by atoms with Gasteiger partial charge in [-0.1, -0.05) is 35.8 Å². The summed E-state index contributed by atoms with van der Waals surface area (Å²) >= 11 is 0. The van der Waals surface area contributed by atoms with Gasteiger partial charge in [0.15, 0.2) is 0 Å². The molecular formula is C11H13BNO. The molecule has 1 aromatic rings. The highest BCUT2D eigenvalue weighted by atomic mass is 16.5. The van der Waals surface area contributed by atoms with Crippen molar-refractivity contribution in [3.8, 4) is 0 Å². The number of nitrogens with zero attached hydrogens (tertiary/aromatic N) is 1. The van der Waals surface area contributed by atoms with Gasteiger partial charge in [-0.25, -0.2) is 0 Å². The Morgan fingerprint density at radius 2 is 2.00 bits per heavy atom. The van der Waals surface area contributed by atoms with Crippen LogP contribution in [0.4, 0.5) is 0 Å². The molecular weight excluding hydrogens is 173 g/mol. The third-order valence-electron chi connectivity index (χ3n) is 2.08. The molecule has 1 radical (unpaired) electrons. The predicted molar refractivity (Wildman–Crippen MR) is 59.3 cm³/mol. The van der Waals surface area contributed by atoms with Crippen LogP contribution in [0.25, 0.3) is 0 Å². The molecule has 0 amide bonds. The van der Waals surface area contributed by atoms with Crippen molar-refractivity contribution in [2.45, 2.75) is 19.4 Å². The number of ether oxygens (including phenoxy) is 1. The van der Waals surface area contributed by atoms with Gasteiger partial charge >= 0.3 is 0 Å². The minimum atomic E-state index is -0.0688. The average Bonchev–Trinajstić information content (AvgIpc) is 2.47. The van der Waals surface area contributed by atoms with Crippen LogP contribution < -0.4 is 5.46 Å². The van der Waals surface area contributed by atoms with Crippen LogP contribution >= 0.6 is 0 Å². The first-order valence-electron chi connectivity index (χ1n) is 4.78. The Kier molecular flexibility index (Phi) is 2.32. The van der Waals surface area contributed by atoms with Crippen molar-refractivity contribution in [1.29, 1.82) is 0 Å². The molecule has 1 aliphatic heterocycles. The molecule has 0 N–H and O–H groups in total. The van der Waals surface area contributed by atoms with E-state index in [4.69, 9.17) is 4.74 Å². The van der Waals surface area contributed by atoms with E-state index < -0.39 is 0 Å². The molecule has 0 aliphatic carbocycles. The van der Waals surface area contributed by atoms with Crippen molar-refractivity contribution in [1.82, 2.24) is 0 Å². The highest BCUT2D eigenvalue weighted by Gasteiger charge is 2.26. The second kappa shape index (κ2) is 3.48. The summed E-state index contributed by atoms with van der Waals surface area (Å²) in [4.78, 5) is 4.45. The number of rotatable bonds is 2. The smallest absolute Gasteiger partial charge is 0.266 e. The summed E-state index contributed by atoms with van der Waals surface area (Å²) in [6.07, 6.45) is 0. The Labute approximate surface area is 85.2 Å². The Balaban J connectivity index is 2.07. The number of benzene rings is 1. The molecule has 0 unspecified atom stereocenters. The van der Waals surface area contributed by atoms with Crippen LogP contribution in [0.15, 0.2) is 35.3 Å². The third-order valence-corrected chi connectivity index (χ3v) is 2.08. The summed E-state index contributed by atoms with van der Waals surface area (Å²) in [7, 11) is 1.97. The zero-order valence-corrected chi connectivity index (χ0v) is 8.53. The van der Waals surface area contributed by atoms with Gasteiger partial charge in [0.25, 0.3) is 7.28 Å². The maximum atomic E-state index is 5.47. The molecule has 0 saturated heterocycles. The van der Waals surface area contributed by atoms with Crippen LogP contribution in [0.5, 0.6) is 0 Å². The van der Waals surface area contributed by atoms with E-state index in [1.165, 1.54) is 0 Å². The lowest BCUT2D eigenvalue weighted by Crippen LogP contribution is -2.23. The quantitative estimate of drug-likeness (QED) is 0.635. The van der Waals surface area contributed by atoms with E-state index in [1.54, 1.807) is 0 Å². The summed E-state index contributed by atoms with van der Waals surface area (Å²) in [6.45, 7) is 4.81. The highest BCUT2D eigenvalue weighted by molar-refractivity contribution is 6.83. The monoisotopic (exact) mass is 186 g/mol. The molecule has 2 nitrogen and oxygen atoms in total. The highest BCUT2D eigenvalue weighted by Crippen LogP contribution is 2.15. The van der Waals surface area contributed by atoms with Crippen molar-refractivity contribution in [3.05, 3.63) is 30.3 Å². The Morgan fingerprint density at radius 1 is 1.29 bits per heavy atom. The molecule has 1 aliphatic rings. The van der Waals surface area contributed by atoms with E-state index in [0.717, 1.165) is 11.3 Å². The maximum Gasteiger partial charge on any atom is 0.266 e. The van der Waals surface area contributed by atoms with Crippen LogP contribution in [-0.4, -0.2) is 25.2 Å². The van der Waals surface area contributed by atoms with Gasteiger partial charge in [0, 0.05) is 0 Å². The lowest BCUT2D eigenvalue weighted by Gasteiger charge is -2.08. The molecule has 0 saturated carbocycles. The van der Waals surface area contributed by atoms with E-state index in [2.05, 4.69) is 18.8 Å². The van der Waals surface area contributed by atoms with Gasteiger partial charge in [-0.2, -0.15) is 0 Å². The van der Waals surface area contributed by atoms with Crippen LogP contribution in [0.2, 0.25) is 0 Å². The van der Waals surface area contributed by atoms with E-state index in [1.807, 2.05) is 37.6 Å². The standard InChI is InChI=1S/C11H13BNO/c1-11(2)8-14-10(13-11)12-9-6-4-3-5-7-9/h3-7H,8H2,1-2H3.